The van der Waals surface area contributed by atoms with Crippen LogP contribution in [-0.4, -0.2) is 54.0 Å². The Hall–Kier alpha value is -3.55. The molecule has 0 radical (unpaired) electrons. The van der Waals surface area contributed by atoms with Gasteiger partial charge in [0.15, 0.2) is 0 Å². The molecule has 0 aliphatic carbocycles. The summed E-state index contributed by atoms with van der Waals surface area (Å²) in [7, 11) is 0. The fourth-order valence-corrected chi connectivity index (χ4v) is 4.14. The number of halogens is 2. The number of amides is 2. The number of hydrazone groups is 1. The number of nitrogens with zero attached hydrogens (tertiary/aromatic N) is 2. The predicted molar refractivity (Wildman–Crippen MR) is 150 cm³/mol. The van der Waals surface area contributed by atoms with E-state index in [1.165, 1.54) is 12.1 Å². The quantitative estimate of drug-likeness (QED) is 0.179. The molecule has 37 heavy (non-hydrogen) atoms. The lowest BCUT2D eigenvalue weighted by Crippen LogP contribution is -2.46. The fourth-order valence-electron chi connectivity index (χ4n) is 3.73. The first kappa shape index (κ1) is 28.0. The highest BCUT2D eigenvalue weighted by atomic mass is 35.5. The Balaban J connectivity index is 1.71. The van der Waals surface area contributed by atoms with Crippen LogP contribution in [0, 0.1) is 6.92 Å². The van der Waals surface area contributed by atoms with Crippen molar-refractivity contribution in [2.24, 2.45) is 5.10 Å². The van der Waals surface area contributed by atoms with E-state index in [0.717, 1.165) is 22.4 Å². The number of anilines is 1. The van der Waals surface area contributed by atoms with Crippen molar-refractivity contribution in [1.29, 1.82) is 0 Å². The highest BCUT2D eigenvalue weighted by Gasteiger charge is 2.22. The highest BCUT2D eigenvalue weighted by molar-refractivity contribution is 6.18. The molecule has 3 N–H and O–H groups in total. The van der Waals surface area contributed by atoms with Crippen molar-refractivity contribution in [2.45, 2.75) is 19.4 Å². The second kappa shape index (κ2) is 14.3. The normalized spacial score (nSPS) is 11.8. The van der Waals surface area contributed by atoms with E-state index >= 15 is 0 Å². The monoisotopic (exact) mass is 540 g/mol. The lowest BCUT2D eigenvalue weighted by atomic mass is 10.0. The molecule has 7 nitrogen and oxygen atoms in total. The van der Waals surface area contributed by atoms with E-state index in [1.807, 2.05) is 31.2 Å². The summed E-state index contributed by atoms with van der Waals surface area (Å²) in [4.78, 5) is 27.9. The third kappa shape index (κ3) is 8.51. The Kier molecular flexibility index (Phi) is 10.8. The topological polar surface area (TPSA) is 94.0 Å². The third-order valence-corrected chi connectivity index (χ3v) is 6.08. The van der Waals surface area contributed by atoms with Gasteiger partial charge >= 0.3 is 0 Å². The van der Waals surface area contributed by atoms with Crippen LogP contribution in [0.1, 0.15) is 27.0 Å². The van der Waals surface area contributed by atoms with E-state index in [4.69, 9.17) is 23.2 Å². The zero-order chi connectivity index (χ0) is 26.6. The number of nitrogens with one attached hydrogen (secondary N) is 2. The second-order valence-corrected chi connectivity index (χ2v) is 9.16. The molecule has 0 saturated heterocycles. The van der Waals surface area contributed by atoms with Crippen LogP contribution in [0.15, 0.2) is 77.9 Å². The van der Waals surface area contributed by atoms with E-state index < -0.39 is 11.9 Å². The standard InChI is InChI=1S/C28H30Cl2N4O3/c1-20-17-24(34(15-13-29)16-14-30)10-9-23(20)19-31-33-28(37)26(18-21-7-11-25(35)12-8-21)32-27(36)22-5-3-2-4-6-22/h2-12,17,19,26,35H,13-16,18H2,1H3,(H,32,36)(H,33,37). The van der Waals surface area contributed by atoms with Gasteiger partial charge in [0.25, 0.3) is 11.8 Å². The molecule has 3 rings (SSSR count). The molecule has 0 saturated carbocycles. The molecule has 3 aromatic rings. The number of hydrogen-bond donors (Lipinski definition) is 3. The molecule has 1 unspecified atom stereocenters. The third-order valence-electron chi connectivity index (χ3n) is 5.74. The van der Waals surface area contributed by atoms with Crippen molar-refractivity contribution in [3.63, 3.8) is 0 Å². The molecule has 1 atom stereocenters. The van der Waals surface area contributed by atoms with Gasteiger partial charge in [-0.3, -0.25) is 9.59 Å². The summed E-state index contributed by atoms with van der Waals surface area (Å²) in [5.41, 5.74) is 6.59. The van der Waals surface area contributed by atoms with Crippen molar-refractivity contribution in [3.8, 4) is 5.75 Å². The van der Waals surface area contributed by atoms with E-state index in [0.29, 0.717) is 30.4 Å². The van der Waals surface area contributed by atoms with Gasteiger partial charge in [-0.05, 0) is 60.0 Å². The summed E-state index contributed by atoms with van der Waals surface area (Å²) >= 11 is 11.8. The van der Waals surface area contributed by atoms with Gasteiger partial charge < -0.3 is 15.3 Å². The first-order valence-corrected chi connectivity index (χ1v) is 12.9. The van der Waals surface area contributed by atoms with Crippen molar-refractivity contribution in [3.05, 3.63) is 95.1 Å². The van der Waals surface area contributed by atoms with Crippen LogP contribution >= 0.6 is 23.2 Å². The Morgan fingerprint density at radius 3 is 2.30 bits per heavy atom. The van der Waals surface area contributed by atoms with Crippen LogP contribution in [0.5, 0.6) is 5.75 Å². The van der Waals surface area contributed by atoms with Gasteiger partial charge in [-0.2, -0.15) is 5.10 Å². The van der Waals surface area contributed by atoms with Gasteiger partial charge in [-0.25, -0.2) is 5.43 Å². The largest absolute Gasteiger partial charge is 0.508 e. The lowest BCUT2D eigenvalue weighted by Gasteiger charge is -2.23. The van der Waals surface area contributed by atoms with Gasteiger partial charge in [-0.15, -0.1) is 23.2 Å². The van der Waals surface area contributed by atoms with Crippen LogP contribution in [0.3, 0.4) is 0 Å². The van der Waals surface area contributed by atoms with Crippen LogP contribution in [0.4, 0.5) is 5.69 Å². The lowest BCUT2D eigenvalue weighted by molar-refractivity contribution is -0.122. The number of phenolic OH excluding ortho intramolecular Hbond substituents is 1. The van der Waals surface area contributed by atoms with Gasteiger partial charge in [-0.1, -0.05) is 36.4 Å². The molecule has 9 heteroatoms. The number of aromatic hydroxyl groups is 1. The number of phenols is 1. The average Bonchev–Trinajstić information content (AvgIpc) is 2.90. The molecule has 3 aromatic carbocycles. The number of alkyl halides is 2. The Labute approximate surface area is 227 Å². The molecule has 0 aromatic heterocycles. The molecule has 0 heterocycles. The van der Waals surface area contributed by atoms with Crippen molar-refractivity contribution in [2.75, 3.05) is 29.7 Å². The summed E-state index contributed by atoms with van der Waals surface area (Å²) in [6.07, 6.45) is 1.80. The fraction of sp³-hybridized carbons (Fsp3) is 0.250. The zero-order valence-electron chi connectivity index (χ0n) is 20.5. The summed E-state index contributed by atoms with van der Waals surface area (Å²) in [5.74, 6) is 0.290. The summed E-state index contributed by atoms with van der Waals surface area (Å²) < 4.78 is 0. The van der Waals surface area contributed by atoms with Crippen LogP contribution in [-0.2, 0) is 11.2 Å². The Bertz CT molecular complexity index is 1200. The first-order valence-electron chi connectivity index (χ1n) is 11.9. The van der Waals surface area contributed by atoms with Gasteiger partial charge in [0.05, 0.1) is 6.21 Å². The van der Waals surface area contributed by atoms with E-state index in [1.54, 1.807) is 42.6 Å². The number of carbonyl (C=O) groups is 2. The molecule has 0 bridgehead atoms. The van der Waals surface area contributed by atoms with E-state index in [-0.39, 0.29) is 18.1 Å². The smallest absolute Gasteiger partial charge is 0.262 e. The maximum atomic E-state index is 13.0. The highest BCUT2D eigenvalue weighted by Crippen LogP contribution is 2.19. The van der Waals surface area contributed by atoms with Crippen LogP contribution in [0.2, 0.25) is 0 Å². The number of hydrogen-bond acceptors (Lipinski definition) is 5. The molecule has 194 valence electrons. The van der Waals surface area contributed by atoms with Crippen molar-refractivity contribution < 1.29 is 14.7 Å². The van der Waals surface area contributed by atoms with Gasteiger partial charge in [0.2, 0.25) is 0 Å². The summed E-state index contributed by atoms with van der Waals surface area (Å²) in [6.45, 7) is 3.34. The molecule has 0 aliphatic rings. The number of aryl methyl sites for hydroxylation is 1. The minimum atomic E-state index is -0.877. The molecule has 2 amide bonds. The van der Waals surface area contributed by atoms with Gasteiger partial charge in [0.1, 0.15) is 11.8 Å². The summed E-state index contributed by atoms with van der Waals surface area (Å²) in [6, 6.07) is 20.2. The molecule has 0 fully saturated rings. The van der Waals surface area contributed by atoms with Crippen molar-refractivity contribution >= 4 is 46.9 Å². The predicted octanol–water partition coefficient (Wildman–Crippen LogP) is 4.48. The number of rotatable bonds is 12. The molecular weight excluding hydrogens is 511 g/mol. The number of carbonyl (C=O) groups excluding carboxylic acids is 2. The average molecular weight is 541 g/mol. The SMILES string of the molecule is Cc1cc(N(CCCl)CCCl)ccc1C=NNC(=O)C(Cc1ccc(O)cc1)NC(=O)c1ccccc1. The van der Waals surface area contributed by atoms with Crippen LogP contribution in [0.25, 0.3) is 0 Å². The van der Waals surface area contributed by atoms with Crippen molar-refractivity contribution in [1.82, 2.24) is 10.7 Å². The molecular formula is C28H30Cl2N4O3. The molecule has 0 aliphatic heterocycles. The second-order valence-electron chi connectivity index (χ2n) is 8.40. The van der Waals surface area contributed by atoms with E-state index in [9.17, 15) is 14.7 Å². The van der Waals surface area contributed by atoms with E-state index in [2.05, 4.69) is 20.7 Å². The minimum absolute atomic E-state index is 0.123. The van der Waals surface area contributed by atoms with Crippen LogP contribution < -0.4 is 15.6 Å². The number of benzene rings is 3. The minimum Gasteiger partial charge on any atom is -0.508 e. The molecule has 0 spiro atoms. The zero-order valence-corrected chi connectivity index (χ0v) is 22.0. The Morgan fingerprint density at radius 2 is 1.68 bits per heavy atom. The van der Waals surface area contributed by atoms with Gasteiger partial charge in [0, 0.05) is 42.5 Å². The first-order chi connectivity index (χ1) is 17.9. The maximum absolute atomic E-state index is 13.0. The maximum Gasteiger partial charge on any atom is 0.262 e. The Morgan fingerprint density at radius 1 is 1.00 bits per heavy atom. The summed E-state index contributed by atoms with van der Waals surface area (Å²) in [5, 5.41) is 16.5.